The lowest BCUT2D eigenvalue weighted by atomic mass is 10.2. The molecule has 23 heavy (non-hydrogen) atoms. The van der Waals surface area contributed by atoms with Gasteiger partial charge in [0.05, 0.1) is 20.3 Å². The maximum atomic E-state index is 12.2. The van der Waals surface area contributed by atoms with Gasteiger partial charge in [-0.2, -0.15) is 0 Å². The Morgan fingerprint density at radius 2 is 1.83 bits per heavy atom. The smallest absolute Gasteiger partial charge is 0.335 e. The monoisotopic (exact) mass is 320 g/mol. The molecule has 0 atom stereocenters. The Morgan fingerprint density at radius 3 is 2.48 bits per heavy atom. The average molecular weight is 320 g/mol. The van der Waals surface area contributed by atoms with E-state index in [0.29, 0.717) is 16.2 Å². The second-order valence-electron chi connectivity index (χ2n) is 4.72. The highest BCUT2D eigenvalue weighted by Gasteiger charge is 2.45. The number of imide groups is 2. The predicted octanol–water partition coefficient (Wildman–Crippen LogP) is 0.549. The van der Waals surface area contributed by atoms with Crippen molar-refractivity contribution in [2.75, 3.05) is 20.3 Å². The highest BCUT2D eigenvalue weighted by atomic mass is 16.5. The summed E-state index contributed by atoms with van der Waals surface area (Å²) in [5, 5.41) is 0. The number of methoxy groups -OCH3 is 1. The van der Waals surface area contributed by atoms with Crippen LogP contribution in [0, 0.1) is 0 Å². The molecule has 0 unspecified atom stereocenters. The first-order valence-electron chi connectivity index (χ1n) is 6.93. The summed E-state index contributed by atoms with van der Waals surface area (Å²) in [4.78, 5) is 48.8. The van der Waals surface area contributed by atoms with E-state index in [1.807, 2.05) is 0 Å². The average Bonchev–Trinajstić information content (AvgIpc) is 2.73. The van der Waals surface area contributed by atoms with Crippen molar-refractivity contribution in [3.8, 4) is 5.75 Å². The third kappa shape index (κ3) is 3.47. The van der Waals surface area contributed by atoms with Gasteiger partial charge in [-0.15, -0.1) is 0 Å². The highest BCUT2D eigenvalue weighted by Crippen LogP contribution is 2.19. The number of esters is 1. The molecule has 122 valence electrons. The van der Waals surface area contributed by atoms with E-state index < -0.39 is 30.4 Å². The summed E-state index contributed by atoms with van der Waals surface area (Å²) in [5.74, 6) is -2.19. The fraction of sp³-hybridized carbons (Fsp3) is 0.333. The number of nitrogens with zero attached hydrogens (tertiary/aromatic N) is 2. The van der Waals surface area contributed by atoms with Gasteiger partial charge in [0.1, 0.15) is 12.3 Å². The molecular formula is C15H16N2O6. The maximum Gasteiger partial charge on any atom is 0.335 e. The van der Waals surface area contributed by atoms with Gasteiger partial charge in [0.25, 0.3) is 0 Å². The van der Waals surface area contributed by atoms with Crippen molar-refractivity contribution >= 4 is 23.8 Å². The van der Waals surface area contributed by atoms with Crippen molar-refractivity contribution in [3.05, 3.63) is 29.8 Å². The summed E-state index contributed by atoms with van der Waals surface area (Å²) in [7, 11) is 1.50. The summed E-state index contributed by atoms with van der Waals surface area (Å²) in [6, 6.07) is 5.93. The van der Waals surface area contributed by atoms with Crippen LogP contribution in [0.2, 0.25) is 0 Å². The zero-order valence-corrected chi connectivity index (χ0v) is 12.8. The molecule has 0 saturated carbocycles. The molecule has 4 amide bonds. The lowest BCUT2D eigenvalue weighted by Crippen LogP contribution is -2.37. The number of amides is 4. The molecule has 8 heteroatoms. The zero-order chi connectivity index (χ0) is 17.0. The van der Waals surface area contributed by atoms with Crippen LogP contribution in [0.25, 0.3) is 0 Å². The fourth-order valence-electron chi connectivity index (χ4n) is 2.12. The number of ether oxygens (including phenoxy) is 2. The van der Waals surface area contributed by atoms with E-state index in [1.165, 1.54) is 7.11 Å². The minimum Gasteiger partial charge on any atom is -0.497 e. The van der Waals surface area contributed by atoms with E-state index in [0.717, 1.165) is 4.90 Å². The van der Waals surface area contributed by atoms with Gasteiger partial charge >= 0.3 is 23.8 Å². The third-order valence-electron chi connectivity index (χ3n) is 3.20. The lowest BCUT2D eigenvalue weighted by Gasteiger charge is -2.15. The second kappa shape index (κ2) is 6.91. The number of carbonyl (C=O) groups excluding carboxylic acids is 4. The Bertz CT molecular complexity index is 657. The van der Waals surface area contributed by atoms with E-state index in [1.54, 1.807) is 31.2 Å². The number of rotatable bonds is 6. The summed E-state index contributed by atoms with van der Waals surface area (Å²) in [6.45, 7) is 1.06. The van der Waals surface area contributed by atoms with Gasteiger partial charge < -0.3 is 9.47 Å². The van der Waals surface area contributed by atoms with E-state index in [-0.39, 0.29) is 13.2 Å². The minimum absolute atomic E-state index is 0.0834. The first-order valence-corrected chi connectivity index (χ1v) is 6.93. The van der Waals surface area contributed by atoms with Gasteiger partial charge in [-0.1, -0.05) is 12.1 Å². The molecule has 1 aromatic carbocycles. The molecule has 1 aromatic rings. The molecule has 1 heterocycles. The number of hydrogen-bond acceptors (Lipinski definition) is 6. The maximum absolute atomic E-state index is 12.2. The SMILES string of the molecule is CCOC(=O)CN1C(=O)C(=O)N(Cc2cccc(OC)c2)C1=O. The molecule has 0 spiro atoms. The van der Waals surface area contributed by atoms with Crippen molar-refractivity contribution in [1.82, 2.24) is 9.80 Å². The molecule has 0 bridgehead atoms. The molecule has 0 aromatic heterocycles. The summed E-state index contributed by atoms with van der Waals surface area (Å²) < 4.78 is 9.76. The third-order valence-corrected chi connectivity index (χ3v) is 3.20. The van der Waals surface area contributed by atoms with Crippen LogP contribution < -0.4 is 4.74 Å². The molecule has 0 radical (unpaired) electrons. The van der Waals surface area contributed by atoms with Crippen molar-refractivity contribution in [2.24, 2.45) is 0 Å². The Hall–Kier alpha value is -2.90. The fourth-order valence-corrected chi connectivity index (χ4v) is 2.12. The molecule has 0 aliphatic carbocycles. The van der Waals surface area contributed by atoms with Crippen LogP contribution in [0.15, 0.2) is 24.3 Å². The van der Waals surface area contributed by atoms with Gasteiger partial charge in [0, 0.05) is 0 Å². The Balaban J connectivity index is 2.13. The van der Waals surface area contributed by atoms with E-state index in [4.69, 9.17) is 4.74 Å². The molecule has 1 aliphatic rings. The quantitative estimate of drug-likeness (QED) is 0.432. The number of hydrogen-bond donors (Lipinski definition) is 0. The van der Waals surface area contributed by atoms with Gasteiger partial charge in [-0.05, 0) is 24.6 Å². The largest absolute Gasteiger partial charge is 0.497 e. The zero-order valence-electron chi connectivity index (χ0n) is 12.8. The predicted molar refractivity (Wildman–Crippen MR) is 77.3 cm³/mol. The molecular weight excluding hydrogens is 304 g/mol. The van der Waals surface area contributed by atoms with Crippen LogP contribution >= 0.6 is 0 Å². The minimum atomic E-state index is -1.04. The van der Waals surface area contributed by atoms with Gasteiger partial charge in [-0.3, -0.25) is 19.3 Å². The van der Waals surface area contributed by atoms with Gasteiger partial charge in [0.2, 0.25) is 0 Å². The van der Waals surface area contributed by atoms with E-state index in [9.17, 15) is 19.2 Å². The van der Waals surface area contributed by atoms with Crippen molar-refractivity contribution in [2.45, 2.75) is 13.5 Å². The van der Waals surface area contributed by atoms with E-state index >= 15 is 0 Å². The number of benzene rings is 1. The van der Waals surface area contributed by atoms with Crippen LogP contribution in [0.5, 0.6) is 5.75 Å². The molecule has 1 aliphatic heterocycles. The van der Waals surface area contributed by atoms with Crippen LogP contribution in [-0.2, 0) is 25.7 Å². The summed E-state index contributed by atoms with van der Waals surface area (Å²) in [5.41, 5.74) is 0.622. The number of urea groups is 1. The van der Waals surface area contributed by atoms with Gasteiger partial charge in [0.15, 0.2) is 0 Å². The van der Waals surface area contributed by atoms with Crippen molar-refractivity contribution < 1.29 is 28.7 Å². The first-order chi connectivity index (χ1) is 11.0. The second-order valence-corrected chi connectivity index (χ2v) is 4.72. The first kappa shape index (κ1) is 16.5. The molecule has 1 saturated heterocycles. The van der Waals surface area contributed by atoms with Crippen LogP contribution in [-0.4, -0.2) is 53.9 Å². The Morgan fingerprint density at radius 1 is 1.13 bits per heavy atom. The highest BCUT2D eigenvalue weighted by molar-refractivity contribution is 6.44. The Kier molecular flexibility index (Phi) is 4.95. The Labute approximate surface area is 132 Å². The summed E-state index contributed by atoms with van der Waals surface area (Å²) in [6.07, 6.45) is 0. The van der Waals surface area contributed by atoms with Crippen molar-refractivity contribution in [1.29, 1.82) is 0 Å². The standard InChI is InChI=1S/C15H16N2O6/c1-3-23-12(18)9-17-14(20)13(19)16(15(17)21)8-10-5-4-6-11(7-10)22-2/h4-7H,3,8-9H2,1-2H3. The van der Waals surface area contributed by atoms with Crippen LogP contribution in [0.3, 0.4) is 0 Å². The normalized spacial score (nSPS) is 14.4. The molecule has 8 nitrogen and oxygen atoms in total. The molecule has 1 fully saturated rings. The van der Waals surface area contributed by atoms with Crippen LogP contribution in [0.1, 0.15) is 12.5 Å². The van der Waals surface area contributed by atoms with Crippen molar-refractivity contribution in [3.63, 3.8) is 0 Å². The molecule has 0 N–H and O–H groups in total. The van der Waals surface area contributed by atoms with E-state index in [2.05, 4.69) is 4.74 Å². The van der Waals surface area contributed by atoms with Crippen LogP contribution in [0.4, 0.5) is 4.79 Å². The topological polar surface area (TPSA) is 93.2 Å². The lowest BCUT2D eigenvalue weighted by molar-refractivity contribution is -0.148. The number of carbonyl (C=O) groups is 4. The summed E-state index contributed by atoms with van der Waals surface area (Å²) >= 11 is 0. The van der Waals surface area contributed by atoms with Gasteiger partial charge in [-0.25, -0.2) is 9.69 Å². The molecule has 2 rings (SSSR count).